The Bertz CT molecular complexity index is 931. The number of hydrogen-bond acceptors (Lipinski definition) is 5. The Kier molecular flexibility index (Phi) is 6.58. The highest BCUT2D eigenvalue weighted by atomic mass is 32.2. The van der Waals surface area contributed by atoms with Crippen LogP contribution in [0.15, 0.2) is 47.4 Å². The molecule has 10 heteroatoms. The molecule has 6 nitrogen and oxygen atoms in total. The predicted molar refractivity (Wildman–Crippen MR) is 101 cm³/mol. The van der Waals surface area contributed by atoms with E-state index in [9.17, 15) is 21.6 Å². The molecule has 0 saturated carbocycles. The van der Waals surface area contributed by atoms with E-state index in [1.165, 1.54) is 7.11 Å². The second kappa shape index (κ2) is 8.38. The van der Waals surface area contributed by atoms with Crippen LogP contribution >= 0.6 is 0 Å². The lowest BCUT2D eigenvalue weighted by molar-refractivity contribution is -0.137. The van der Waals surface area contributed by atoms with Gasteiger partial charge in [-0.1, -0.05) is 12.1 Å². The molecule has 154 valence electrons. The molecule has 2 aromatic carbocycles. The lowest BCUT2D eigenvalue weighted by atomic mass is 10.0. The maximum absolute atomic E-state index is 13.4. The average Bonchev–Trinajstić information content (AvgIpc) is 2.60. The normalized spacial score (nSPS) is 13.4. The van der Waals surface area contributed by atoms with Gasteiger partial charge in [0.05, 0.1) is 23.6 Å². The molecule has 0 radical (unpaired) electrons. The number of halogens is 3. The summed E-state index contributed by atoms with van der Waals surface area (Å²) in [6.07, 6.45) is -4.74. The van der Waals surface area contributed by atoms with Crippen molar-refractivity contribution >= 4 is 15.7 Å². The lowest BCUT2D eigenvalue weighted by Crippen LogP contribution is -2.27. The maximum Gasteiger partial charge on any atom is 0.418 e. The van der Waals surface area contributed by atoms with Crippen LogP contribution < -0.4 is 15.2 Å². The second-order valence-corrected chi connectivity index (χ2v) is 7.95. The first kappa shape index (κ1) is 22.0. The van der Waals surface area contributed by atoms with Crippen LogP contribution in [0.4, 0.5) is 18.9 Å². The van der Waals surface area contributed by atoms with Crippen molar-refractivity contribution in [2.75, 3.05) is 33.1 Å². The molecule has 0 amide bonds. The van der Waals surface area contributed by atoms with E-state index >= 15 is 0 Å². The minimum absolute atomic E-state index is 0.151. The summed E-state index contributed by atoms with van der Waals surface area (Å²) in [6.45, 7) is 0.151. The van der Waals surface area contributed by atoms with Gasteiger partial charge in [0.2, 0.25) is 10.0 Å². The summed E-state index contributed by atoms with van der Waals surface area (Å²) in [5, 5.41) is 7.73. The van der Waals surface area contributed by atoms with Gasteiger partial charge in [-0.3, -0.25) is 0 Å². The third kappa shape index (κ3) is 5.37. The first-order valence-corrected chi connectivity index (χ1v) is 9.76. The highest BCUT2D eigenvalue weighted by Crippen LogP contribution is 2.36. The molecule has 0 saturated heterocycles. The molecule has 3 N–H and O–H groups in total. The summed E-state index contributed by atoms with van der Waals surface area (Å²) in [5.74, 6) is 0.637. The van der Waals surface area contributed by atoms with Crippen LogP contribution in [0.1, 0.15) is 17.2 Å². The Labute approximate surface area is 162 Å². The number of nitrogens with one attached hydrogen (secondary N) is 1. The van der Waals surface area contributed by atoms with Crippen LogP contribution in [0.25, 0.3) is 0 Å². The van der Waals surface area contributed by atoms with E-state index in [-0.39, 0.29) is 18.3 Å². The maximum atomic E-state index is 13.4. The number of ether oxygens (including phenoxy) is 1. The van der Waals surface area contributed by atoms with Crippen molar-refractivity contribution in [2.45, 2.75) is 17.1 Å². The summed E-state index contributed by atoms with van der Waals surface area (Å²) >= 11 is 0. The lowest BCUT2D eigenvalue weighted by Gasteiger charge is -2.26. The van der Waals surface area contributed by atoms with Gasteiger partial charge in [-0.25, -0.2) is 13.6 Å². The quantitative estimate of drug-likeness (QED) is 0.723. The van der Waals surface area contributed by atoms with Gasteiger partial charge in [-0.05, 0) is 50.0 Å². The standard InChI is InChI=1S/C18H22F3N3O3S/c1-24(2)17(12-5-4-6-13(9-12)27-3)11-23-16-8-7-14(28(22,25)26)10-15(16)18(19,20)21/h4-10,17,23H,11H2,1-3H3,(H2,22,25,26). The Morgan fingerprint density at radius 2 is 1.86 bits per heavy atom. The molecule has 0 aliphatic heterocycles. The predicted octanol–water partition coefficient (Wildman–Crippen LogP) is 3.08. The minimum Gasteiger partial charge on any atom is -0.497 e. The number of sulfonamides is 1. The Morgan fingerprint density at radius 1 is 1.18 bits per heavy atom. The molecule has 0 aliphatic rings. The zero-order valence-electron chi connectivity index (χ0n) is 15.6. The Hall–Kier alpha value is -2.30. The summed E-state index contributed by atoms with van der Waals surface area (Å²) in [4.78, 5) is 1.26. The molecule has 1 atom stereocenters. The van der Waals surface area contributed by atoms with Crippen LogP contribution in [0.3, 0.4) is 0 Å². The monoisotopic (exact) mass is 417 g/mol. The fourth-order valence-corrected chi connectivity index (χ4v) is 3.28. The molecule has 0 bridgehead atoms. The first-order chi connectivity index (χ1) is 12.9. The molecule has 0 aromatic heterocycles. The molecule has 2 rings (SSSR count). The average molecular weight is 417 g/mol. The van der Waals surface area contributed by atoms with Crippen LogP contribution in [0.5, 0.6) is 5.75 Å². The van der Waals surface area contributed by atoms with E-state index < -0.39 is 26.7 Å². The van der Waals surface area contributed by atoms with Crippen molar-refractivity contribution in [1.82, 2.24) is 4.90 Å². The number of nitrogens with two attached hydrogens (primary N) is 1. The highest BCUT2D eigenvalue weighted by molar-refractivity contribution is 7.89. The molecular formula is C18H22F3N3O3S. The third-order valence-electron chi connectivity index (χ3n) is 4.21. The van der Waals surface area contributed by atoms with Crippen molar-refractivity contribution in [1.29, 1.82) is 0 Å². The van der Waals surface area contributed by atoms with Crippen LogP contribution in [0, 0.1) is 0 Å². The van der Waals surface area contributed by atoms with Gasteiger partial charge in [-0.2, -0.15) is 13.2 Å². The molecule has 0 fully saturated rings. The topological polar surface area (TPSA) is 84.7 Å². The van der Waals surface area contributed by atoms with Gasteiger partial charge in [0.15, 0.2) is 0 Å². The number of hydrogen-bond donors (Lipinski definition) is 2. The van der Waals surface area contributed by atoms with Gasteiger partial charge in [0.1, 0.15) is 5.75 Å². The van der Waals surface area contributed by atoms with Gasteiger partial charge in [0.25, 0.3) is 0 Å². The molecule has 2 aromatic rings. The number of rotatable bonds is 7. The van der Waals surface area contributed by atoms with Crippen LogP contribution in [0.2, 0.25) is 0 Å². The molecular weight excluding hydrogens is 395 g/mol. The highest BCUT2D eigenvalue weighted by Gasteiger charge is 2.35. The number of methoxy groups -OCH3 is 1. The zero-order valence-corrected chi connectivity index (χ0v) is 16.4. The van der Waals surface area contributed by atoms with E-state index in [4.69, 9.17) is 9.88 Å². The van der Waals surface area contributed by atoms with E-state index in [0.717, 1.165) is 17.7 Å². The third-order valence-corrected chi connectivity index (χ3v) is 5.12. The summed E-state index contributed by atoms with van der Waals surface area (Å²) in [6, 6.07) is 9.63. The van der Waals surface area contributed by atoms with Crippen molar-refractivity contribution < 1.29 is 26.3 Å². The van der Waals surface area contributed by atoms with Gasteiger partial charge >= 0.3 is 6.18 Å². The Balaban J connectivity index is 2.35. The number of likely N-dealkylation sites (N-methyl/N-ethyl adjacent to an activating group) is 1. The van der Waals surface area contributed by atoms with E-state index in [1.807, 2.05) is 11.0 Å². The van der Waals surface area contributed by atoms with Gasteiger partial charge in [0, 0.05) is 12.2 Å². The van der Waals surface area contributed by atoms with Gasteiger partial charge in [-0.15, -0.1) is 0 Å². The van der Waals surface area contributed by atoms with E-state index in [1.54, 1.807) is 32.3 Å². The number of primary sulfonamides is 1. The van der Waals surface area contributed by atoms with Crippen molar-refractivity contribution in [3.05, 3.63) is 53.6 Å². The fourth-order valence-electron chi connectivity index (χ4n) is 2.74. The number of anilines is 1. The second-order valence-electron chi connectivity index (χ2n) is 6.39. The first-order valence-electron chi connectivity index (χ1n) is 8.21. The Morgan fingerprint density at radius 3 is 2.39 bits per heavy atom. The van der Waals surface area contributed by atoms with Crippen LogP contribution in [-0.4, -0.2) is 41.1 Å². The summed E-state index contributed by atoms with van der Waals surface area (Å²) in [7, 11) is 0.897. The zero-order chi connectivity index (χ0) is 21.1. The van der Waals surface area contributed by atoms with Crippen LogP contribution in [-0.2, 0) is 16.2 Å². The SMILES string of the molecule is COc1cccc(C(CNc2ccc(S(N)(=O)=O)cc2C(F)(F)F)N(C)C)c1. The number of benzene rings is 2. The molecule has 0 heterocycles. The largest absolute Gasteiger partial charge is 0.497 e. The molecule has 1 unspecified atom stereocenters. The molecule has 28 heavy (non-hydrogen) atoms. The summed E-state index contributed by atoms with van der Waals surface area (Å²) in [5.41, 5.74) is -0.469. The summed E-state index contributed by atoms with van der Waals surface area (Å²) < 4.78 is 68.2. The van der Waals surface area contributed by atoms with E-state index in [0.29, 0.717) is 11.8 Å². The number of alkyl halides is 3. The minimum atomic E-state index is -4.74. The molecule has 0 spiro atoms. The molecule has 0 aliphatic carbocycles. The smallest absolute Gasteiger partial charge is 0.418 e. The van der Waals surface area contributed by atoms with Crippen molar-refractivity contribution in [2.24, 2.45) is 5.14 Å². The number of nitrogens with zero attached hydrogens (tertiary/aromatic N) is 1. The van der Waals surface area contributed by atoms with E-state index in [2.05, 4.69) is 5.32 Å². The van der Waals surface area contributed by atoms with Crippen molar-refractivity contribution in [3.63, 3.8) is 0 Å². The fraction of sp³-hybridized carbons (Fsp3) is 0.333. The van der Waals surface area contributed by atoms with Crippen molar-refractivity contribution in [3.8, 4) is 5.75 Å². The van der Waals surface area contributed by atoms with Gasteiger partial charge < -0.3 is 15.0 Å².